The topological polar surface area (TPSA) is 0 Å². The van der Waals surface area contributed by atoms with E-state index < -0.39 is 0 Å². The highest BCUT2D eigenvalue weighted by Gasteiger charge is 2.31. The van der Waals surface area contributed by atoms with Gasteiger partial charge >= 0.3 is 0 Å². The maximum atomic E-state index is 2.33. The van der Waals surface area contributed by atoms with Gasteiger partial charge in [-0.15, -0.1) is 0 Å². The third kappa shape index (κ3) is 2.57. The number of benzene rings is 3. The van der Waals surface area contributed by atoms with Gasteiger partial charge in [-0.05, 0) is 37.5 Å². The zero-order valence-electron chi connectivity index (χ0n) is 13.5. The quantitative estimate of drug-likeness (QED) is 0.545. The lowest BCUT2D eigenvalue weighted by Crippen LogP contribution is -2.25. The fourth-order valence-corrected chi connectivity index (χ4v) is 3.31. The lowest BCUT2D eigenvalue weighted by Gasteiger charge is -2.32. The fraction of sp³-hybridized carbons (Fsp3) is 0.182. The molecule has 0 aliphatic heterocycles. The molecule has 0 N–H and O–H groups in total. The fourth-order valence-electron chi connectivity index (χ4n) is 3.31. The van der Waals surface area contributed by atoms with E-state index in [1.807, 2.05) is 0 Å². The van der Waals surface area contributed by atoms with Crippen molar-refractivity contribution < 1.29 is 0 Å². The van der Waals surface area contributed by atoms with Gasteiger partial charge in [0, 0.05) is 5.41 Å². The van der Waals surface area contributed by atoms with Crippen molar-refractivity contribution in [1.82, 2.24) is 0 Å². The van der Waals surface area contributed by atoms with Gasteiger partial charge in [0.1, 0.15) is 0 Å². The Balaban J connectivity index is 2.28. The van der Waals surface area contributed by atoms with Gasteiger partial charge in [-0.2, -0.15) is 0 Å². The molecule has 0 fully saturated rings. The summed E-state index contributed by atoms with van der Waals surface area (Å²) in [4.78, 5) is 0. The van der Waals surface area contributed by atoms with Gasteiger partial charge in [0.05, 0.1) is 0 Å². The zero-order chi connectivity index (χ0) is 15.6. The van der Waals surface area contributed by atoms with Crippen molar-refractivity contribution in [2.24, 2.45) is 0 Å². The second-order valence-electron chi connectivity index (χ2n) is 6.23. The first-order valence-electron chi connectivity index (χ1n) is 7.80. The van der Waals surface area contributed by atoms with Crippen LogP contribution in [0.5, 0.6) is 0 Å². The summed E-state index contributed by atoms with van der Waals surface area (Å²) in [6, 6.07) is 28.4. The Morgan fingerprint density at radius 3 is 1.36 bits per heavy atom. The first kappa shape index (κ1) is 14.6. The van der Waals surface area contributed by atoms with Crippen molar-refractivity contribution in [3.63, 3.8) is 0 Å². The highest BCUT2D eigenvalue weighted by molar-refractivity contribution is 5.50. The molecular weight excluding hydrogens is 264 g/mol. The molecule has 0 heteroatoms. The van der Waals surface area contributed by atoms with E-state index >= 15 is 0 Å². The summed E-state index contributed by atoms with van der Waals surface area (Å²) >= 11 is 0. The molecule has 3 aromatic rings. The minimum Gasteiger partial charge on any atom is -0.0622 e. The van der Waals surface area contributed by atoms with Crippen LogP contribution in [0, 0.1) is 13.8 Å². The molecule has 0 aliphatic rings. The Morgan fingerprint density at radius 2 is 0.955 bits per heavy atom. The standard InChI is InChI=1S/C22H22/c1-17-14-18(2)16-21(15-17)22(3,19-10-6-4-7-11-19)20-12-8-5-9-13-20/h4-16H,1-3H3. The van der Waals surface area contributed by atoms with E-state index in [9.17, 15) is 0 Å². The average molecular weight is 286 g/mol. The maximum absolute atomic E-state index is 2.33. The molecule has 3 aromatic carbocycles. The molecule has 0 atom stereocenters. The van der Waals surface area contributed by atoms with Crippen LogP contribution in [0.1, 0.15) is 34.7 Å². The normalized spacial score (nSPS) is 11.4. The molecule has 0 nitrogen and oxygen atoms in total. The molecule has 0 radical (unpaired) electrons. The van der Waals surface area contributed by atoms with Crippen molar-refractivity contribution in [1.29, 1.82) is 0 Å². The van der Waals surface area contributed by atoms with Crippen LogP contribution >= 0.6 is 0 Å². The summed E-state index contributed by atoms with van der Waals surface area (Å²) in [7, 11) is 0. The van der Waals surface area contributed by atoms with Crippen molar-refractivity contribution in [3.05, 3.63) is 107 Å². The summed E-state index contributed by atoms with van der Waals surface area (Å²) in [5.74, 6) is 0. The molecule has 0 bridgehead atoms. The van der Waals surface area contributed by atoms with Gasteiger partial charge in [0.25, 0.3) is 0 Å². The van der Waals surface area contributed by atoms with E-state index in [0.29, 0.717) is 0 Å². The second kappa shape index (κ2) is 5.81. The van der Waals surface area contributed by atoms with E-state index in [-0.39, 0.29) is 5.41 Å². The number of aryl methyl sites for hydroxylation is 2. The Morgan fingerprint density at radius 1 is 0.545 bits per heavy atom. The number of rotatable bonds is 3. The molecule has 0 aromatic heterocycles. The molecule has 110 valence electrons. The lowest BCUT2D eigenvalue weighted by molar-refractivity contribution is 0.691. The van der Waals surface area contributed by atoms with Gasteiger partial charge in [0.2, 0.25) is 0 Å². The van der Waals surface area contributed by atoms with Crippen LogP contribution in [0.25, 0.3) is 0 Å². The van der Waals surface area contributed by atoms with Crippen LogP contribution in [0.2, 0.25) is 0 Å². The van der Waals surface area contributed by atoms with Gasteiger partial charge < -0.3 is 0 Å². The smallest absolute Gasteiger partial charge is 0.0423 e. The molecule has 0 unspecified atom stereocenters. The van der Waals surface area contributed by atoms with Crippen LogP contribution in [-0.2, 0) is 5.41 Å². The van der Waals surface area contributed by atoms with E-state index in [0.717, 1.165) is 0 Å². The minimum absolute atomic E-state index is 0.140. The van der Waals surface area contributed by atoms with Crippen LogP contribution in [-0.4, -0.2) is 0 Å². The van der Waals surface area contributed by atoms with Crippen molar-refractivity contribution >= 4 is 0 Å². The van der Waals surface area contributed by atoms with E-state index in [2.05, 4.69) is 99.6 Å². The molecular formula is C22H22. The summed E-state index contributed by atoms with van der Waals surface area (Å²) in [5, 5.41) is 0. The third-order valence-corrected chi connectivity index (χ3v) is 4.50. The minimum atomic E-state index is -0.140. The molecule has 22 heavy (non-hydrogen) atoms. The first-order valence-corrected chi connectivity index (χ1v) is 7.80. The third-order valence-electron chi connectivity index (χ3n) is 4.50. The molecule has 3 rings (SSSR count). The van der Waals surface area contributed by atoms with Crippen LogP contribution < -0.4 is 0 Å². The molecule has 0 aliphatic carbocycles. The Bertz CT molecular complexity index is 695. The summed E-state index contributed by atoms with van der Waals surface area (Å²) in [6.07, 6.45) is 0. The van der Waals surface area contributed by atoms with Gasteiger partial charge in [-0.3, -0.25) is 0 Å². The van der Waals surface area contributed by atoms with Gasteiger partial charge in [-0.1, -0.05) is 90.0 Å². The molecule has 0 spiro atoms. The van der Waals surface area contributed by atoms with Crippen LogP contribution in [0.15, 0.2) is 78.9 Å². The predicted molar refractivity (Wildman–Crippen MR) is 94.4 cm³/mol. The summed E-state index contributed by atoms with van der Waals surface area (Å²) < 4.78 is 0. The van der Waals surface area contributed by atoms with Crippen molar-refractivity contribution in [2.75, 3.05) is 0 Å². The van der Waals surface area contributed by atoms with Crippen LogP contribution in [0.3, 0.4) is 0 Å². The zero-order valence-corrected chi connectivity index (χ0v) is 13.5. The highest BCUT2D eigenvalue weighted by atomic mass is 14.3. The van der Waals surface area contributed by atoms with Crippen molar-refractivity contribution in [3.8, 4) is 0 Å². The lowest BCUT2D eigenvalue weighted by atomic mass is 9.70. The predicted octanol–water partition coefficient (Wildman–Crippen LogP) is 5.66. The summed E-state index contributed by atoms with van der Waals surface area (Å²) in [5.41, 5.74) is 6.49. The average Bonchev–Trinajstić information content (AvgIpc) is 2.55. The van der Waals surface area contributed by atoms with E-state index in [1.54, 1.807) is 0 Å². The van der Waals surface area contributed by atoms with Crippen LogP contribution in [0.4, 0.5) is 0 Å². The Kier molecular flexibility index (Phi) is 3.85. The Hall–Kier alpha value is -2.34. The van der Waals surface area contributed by atoms with E-state index in [4.69, 9.17) is 0 Å². The Labute approximate surface area is 133 Å². The maximum Gasteiger partial charge on any atom is 0.0423 e. The number of hydrogen-bond donors (Lipinski definition) is 0. The second-order valence-corrected chi connectivity index (χ2v) is 6.23. The highest BCUT2D eigenvalue weighted by Crippen LogP contribution is 2.39. The van der Waals surface area contributed by atoms with Gasteiger partial charge in [0.15, 0.2) is 0 Å². The molecule has 0 saturated heterocycles. The largest absolute Gasteiger partial charge is 0.0622 e. The SMILES string of the molecule is Cc1cc(C)cc(C(C)(c2ccccc2)c2ccccc2)c1. The van der Waals surface area contributed by atoms with Crippen molar-refractivity contribution in [2.45, 2.75) is 26.2 Å². The molecule has 0 amide bonds. The summed E-state index contributed by atoms with van der Waals surface area (Å²) in [6.45, 7) is 6.67. The molecule has 0 heterocycles. The first-order chi connectivity index (χ1) is 10.6. The monoisotopic (exact) mass is 286 g/mol. The van der Waals surface area contributed by atoms with Gasteiger partial charge in [-0.25, -0.2) is 0 Å². The van der Waals surface area contributed by atoms with E-state index in [1.165, 1.54) is 27.8 Å². The molecule has 0 saturated carbocycles. The number of hydrogen-bond acceptors (Lipinski definition) is 0.